The first kappa shape index (κ1) is 18.5. The minimum absolute atomic E-state index is 0.0168. The van der Waals surface area contributed by atoms with Crippen LogP contribution >= 0.6 is 0 Å². The minimum Gasteiger partial charge on any atom is -0.349 e. The molecule has 2 bridgehead atoms. The van der Waals surface area contributed by atoms with Crippen molar-refractivity contribution < 1.29 is 9.59 Å². The molecule has 0 aromatic heterocycles. The number of para-hydroxylation sites is 1. The summed E-state index contributed by atoms with van der Waals surface area (Å²) in [4.78, 5) is 27.6. The van der Waals surface area contributed by atoms with Gasteiger partial charge in [-0.25, -0.2) is 4.79 Å². The van der Waals surface area contributed by atoms with E-state index in [1.165, 1.54) is 0 Å². The van der Waals surface area contributed by atoms with E-state index >= 15 is 0 Å². The zero-order valence-electron chi connectivity index (χ0n) is 16.2. The summed E-state index contributed by atoms with van der Waals surface area (Å²) in [7, 11) is 0. The molecule has 0 spiro atoms. The van der Waals surface area contributed by atoms with Crippen LogP contribution in [-0.2, 0) is 0 Å². The fourth-order valence-corrected chi connectivity index (χ4v) is 4.58. The van der Waals surface area contributed by atoms with Crippen LogP contribution in [0.15, 0.2) is 54.6 Å². The third kappa shape index (κ3) is 3.88. The molecular formula is C23H27N3O2. The van der Waals surface area contributed by atoms with Gasteiger partial charge in [-0.15, -0.1) is 0 Å². The Kier molecular flexibility index (Phi) is 5.33. The van der Waals surface area contributed by atoms with Gasteiger partial charge in [-0.3, -0.25) is 4.79 Å². The highest BCUT2D eigenvalue weighted by Crippen LogP contribution is 2.35. The van der Waals surface area contributed by atoms with Gasteiger partial charge < -0.3 is 15.5 Å². The summed E-state index contributed by atoms with van der Waals surface area (Å²) in [6.07, 6.45) is 4.76. The number of aryl methyl sites for hydroxylation is 1. The number of hydrogen-bond donors (Lipinski definition) is 2. The summed E-state index contributed by atoms with van der Waals surface area (Å²) in [5.74, 6) is -0.0264. The van der Waals surface area contributed by atoms with Crippen LogP contribution in [0.1, 0.15) is 48.0 Å². The van der Waals surface area contributed by atoms with Gasteiger partial charge in [0.25, 0.3) is 5.91 Å². The monoisotopic (exact) mass is 377 g/mol. The smallest absolute Gasteiger partial charge is 0.322 e. The molecule has 2 aliphatic heterocycles. The van der Waals surface area contributed by atoms with Crippen LogP contribution in [0.3, 0.4) is 0 Å². The zero-order valence-corrected chi connectivity index (χ0v) is 16.2. The molecule has 0 unspecified atom stereocenters. The van der Waals surface area contributed by atoms with Crippen LogP contribution in [0.25, 0.3) is 0 Å². The van der Waals surface area contributed by atoms with Gasteiger partial charge in [0.2, 0.25) is 0 Å². The second kappa shape index (κ2) is 8.05. The topological polar surface area (TPSA) is 61.4 Å². The van der Waals surface area contributed by atoms with Gasteiger partial charge >= 0.3 is 6.03 Å². The average Bonchev–Trinajstić information content (AvgIpc) is 2.69. The Labute approximate surface area is 166 Å². The number of amides is 3. The van der Waals surface area contributed by atoms with Gasteiger partial charge in [0.1, 0.15) is 0 Å². The molecule has 2 atom stereocenters. The molecule has 2 fully saturated rings. The lowest BCUT2D eigenvalue weighted by Crippen LogP contribution is -2.59. The van der Waals surface area contributed by atoms with E-state index in [-0.39, 0.29) is 30.1 Å². The van der Waals surface area contributed by atoms with Gasteiger partial charge in [0, 0.05) is 29.4 Å². The summed E-state index contributed by atoms with van der Waals surface area (Å²) in [5.41, 5.74) is 2.61. The van der Waals surface area contributed by atoms with E-state index < -0.39 is 0 Å². The number of nitrogens with zero attached hydrogens (tertiary/aromatic N) is 1. The maximum absolute atomic E-state index is 13.0. The van der Waals surface area contributed by atoms with Crippen LogP contribution < -0.4 is 10.6 Å². The van der Waals surface area contributed by atoms with Crippen molar-refractivity contribution in [2.24, 2.45) is 0 Å². The Balaban J connectivity index is 1.43. The molecule has 146 valence electrons. The summed E-state index contributed by atoms with van der Waals surface area (Å²) in [5, 5.41) is 6.27. The number of nitrogens with one attached hydrogen (secondary N) is 2. The molecule has 2 heterocycles. The van der Waals surface area contributed by atoms with Gasteiger partial charge in [0.05, 0.1) is 0 Å². The predicted octanol–water partition coefficient (Wildman–Crippen LogP) is 4.34. The van der Waals surface area contributed by atoms with Crippen molar-refractivity contribution in [1.82, 2.24) is 10.2 Å². The lowest BCUT2D eigenvalue weighted by atomic mass is 9.82. The van der Waals surface area contributed by atoms with E-state index in [1.54, 1.807) is 0 Å². The second-order valence-corrected chi connectivity index (χ2v) is 7.90. The Morgan fingerprint density at radius 2 is 1.57 bits per heavy atom. The van der Waals surface area contributed by atoms with E-state index in [1.807, 2.05) is 66.4 Å². The molecule has 5 nitrogen and oxygen atoms in total. The highest BCUT2D eigenvalue weighted by Gasteiger charge is 2.41. The number of hydrogen-bond acceptors (Lipinski definition) is 2. The third-order valence-corrected chi connectivity index (χ3v) is 5.97. The first-order valence-electron chi connectivity index (χ1n) is 10.1. The first-order valence-corrected chi connectivity index (χ1v) is 10.1. The lowest BCUT2D eigenvalue weighted by molar-refractivity contribution is 0.0577. The molecule has 28 heavy (non-hydrogen) atoms. The highest BCUT2D eigenvalue weighted by atomic mass is 16.2. The van der Waals surface area contributed by atoms with Gasteiger partial charge in [0.15, 0.2) is 0 Å². The summed E-state index contributed by atoms with van der Waals surface area (Å²) in [6.45, 7) is 2.00. The summed E-state index contributed by atoms with van der Waals surface area (Å²) >= 11 is 0. The molecule has 2 aromatic rings. The molecule has 5 heteroatoms. The number of rotatable bonds is 3. The number of piperidine rings is 2. The zero-order chi connectivity index (χ0) is 19.5. The van der Waals surface area contributed by atoms with Gasteiger partial charge in [-0.2, -0.15) is 0 Å². The molecular weight excluding hydrogens is 350 g/mol. The van der Waals surface area contributed by atoms with Crippen molar-refractivity contribution in [2.75, 3.05) is 5.32 Å². The van der Waals surface area contributed by atoms with E-state index in [9.17, 15) is 9.59 Å². The fourth-order valence-electron chi connectivity index (χ4n) is 4.58. The lowest BCUT2D eigenvalue weighted by Gasteiger charge is -2.48. The molecule has 2 aliphatic rings. The summed E-state index contributed by atoms with van der Waals surface area (Å²) in [6, 6.07) is 17.6. The molecule has 0 aliphatic carbocycles. The third-order valence-electron chi connectivity index (χ3n) is 5.97. The molecule has 0 radical (unpaired) electrons. The number of carbonyl (C=O) groups excluding carboxylic acids is 2. The maximum Gasteiger partial charge on any atom is 0.322 e. The number of fused-ring (bicyclic) bond motifs is 2. The SMILES string of the molecule is Cc1ccccc1NC(=O)N1[C@H]2CCC[C@H]1CC(NC(=O)c1ccccc1)C2. The van der Waals surface area contributed by atoms with Crippen LogP contribution in [0.4, 0.5) is 10.5 Å². The first-order chi connectivity index (χ1) is 13.6. The number of benzene rings is 2. The fraction of sp³-hybridized carbons (Fsp3) is 0.391. The normalized spacial score (nSPS) is 23.8. The van der Waals surface area contributed by atoms with Crippen LogP contribution in [0.5, 0.6) is 0 Å². The Bertz CT molecular complexity index is 838. The van der Waals surface area contributed by atoms with Crippen molar-refractivity contribution in [3.05, 3.63) is 65.7 Å². The van der Waals surface area contributed by atoms with E-state index in [0.717, 1.165) is 43.4 Å². The Hall–Kier alpha value is -2.82. The Morgan fingerprint density at radius 1 is 0.929 bits per heavy atom. The van der Waals surface area contributed by atoms with Crippen LogP contribution in [-0.4, -0.2) is 35.0 Å². The van der Waals surface area contributed by atoms with E-state index in [2.05, 4.69) is 10.6 Å². The predicted molar refractivity (Wildman–Crippen MR) is 110 cm³/mol. The second-order valence-electron chi connectivity index (χ2n) is 7.90. The Morgan fingerprint density at radius 3 is 2.25 bits per heavy atom. The molecule has 4 rings (SSSR count). The van der Waals surface area contributed by atoms with Crippen molar-refractivity contribution in [2.45, 2.75) is 57.2 Å². The average molecular weight is 377 g/mol. The van der Waals surface area contributed by atoms with E-state index in [0.29, 0.717) is 5.56 Å². The minimum atomic E-state index is -0.0264. The quantitative estimate of drug-likeness (QED) is 0.836. The van der Waals surface area contributed by atoms with Crippen LogP contribution in [0, 0.1) is 6.92 Å². The van der Waals surface area contributed by atoms with Gasteiger partial charge in [-0.05, 0) is 62.8 Å². The molecule has 2 aromatic carbocycles. The van der Waals surface area contributed by atoms with E-state index in [4.69, 9.17) is 0 Å². The number of carbonyl (C=O) groups is 2. The van der Waals surface area contributed by atoms with Crippen molar-refractivity contribution in [1.29, 1.82) is 0 Å². The van der Waals surface area contributed by atoms with Crippen LogP contribution in [0.2, 0.25) is 0 Å². The highest BCUT2D eigenvalue weighted by molar-refractivity contribution is 5.94. The molecule has 0 saturated carbocycles. The largest absolute Gasteiger partial charge is 0.349 e. The number of urea groups is 1. The van der Waals surface area contributed by atoms with Crippen molar-refractivity contribution in [3.8, 4) is 0 Å². The number of anilines is 1. The molecule has 2 N–H and O–H groups in total. The maximum atomic E-state index is 13.0. The standard InChI is InChI=1S/C23H27N3O2/c1-16-8-5-6-13-21(16)25-23(28)26-19-11-7-12-20(26)15-18(14-19)24-22(27)17-9-3-2-4-10-17/h2-6,8-10,13,18-20H,7,11-12,14-15H2,1H3,(H,24,27)(H,25,28)/t19-,20-/m0/s1. The van der Waals surface area contributed by atoms with Crippen molar-refractivity contribution >= 4 is 17.6 Å². The summed E-state index contributed by atoms with van der Waals surface area (Å²) < 4.78 is 0. The molecule has 2 saturated heterocycles. The van der Waals surface area contributed by atoms with Gasteiger partial charge in [-0.1, -0.05) is 36.4 Å². The molecule has 3 amide bonds. The van der Waals surface area contributed by atoms with Crippen molar-refractivity contribution in [3.63, 3.8) is 0 Å².